The van der Waals surface area contributed by atoms with Crippen molar-refractivity contribution in [3.63, 3.8) is 0 Å². The molecule has 0 aromatic carbocycles. The third-order valence-corrected chi connectivity index (χ3v) is 3.42. The minimum absolute atomic E-state index is 0.151. The largest absolute Gasteiger partial charge is 0.364 e. The Bertz CT molecular complexity index is 626. The third kappa shape index (κ3) is 2.44. The maximum atomic E-state index is 11.9. The average Bonchev–Trinajstić information content (AvgIpc) is 2.88. The van der Waals surface area contributed by atoms with Crippen LogP contribution in [-0.4, -0.2) is 15.1 Å². The summed E-state index contributed by atoms with van der Waals surface area (Å²) in [6.07, 6.45) is 2.98. The minimum atomic E-state index is -0.612. The highest BCUT2D eigenvalue weighted by Crippen LogP contribution is 2.24. The molecule has 0 amide bonds. The zero-order valence-corrected chi connectivity index (χ0v) is 11.4. The van der Waals surface area contributed by atoms with E-state index in [1.165, 1.54) is 6.07 Å². The highest BCUT2D eigenvalue weighted by molar-refractivity contribution is 5.51. The Labute approximate surface area is 111 Å². The van der Waals surface area contributed by atoms with Crippen LogP contribution in [0, 0.1) is 6.92 Å². The first-order valence-electron chi connectivity index (χ1n) is 6.33. The lowest BCUT2D eigenvalue weighted by atomic mass is 9.93. The van der Waals surface area contributed by atoms with Crippen molar-refractivity contribution >= 4 is 0 Å². The highest BCUT2D eigenvalue weighted by atomic mass is 16.5. The van der Waals surface area contributed by atoms with E-state index < -0.39 is 5.54 Å². The summed E-state index contributed by atoms with van der Waals surface area (Å²) in [4.78, 5) is 19.1. The fraction of sp³-hybridized carbons (Fsp3) is 0.462. The SMILES string of the molecule is CCC(N)(CC)c1noc(-c2c[nH]c(C)cc2=O)n1. The van der Waals surface area contributed by atoms with Crippen molar-refractivity contribution in [2.45, 2.75) is 39.2 Å². The summed E-state index contributed by atoms with van der Waals surface area (Å²) in [5.41, 5.74) is 6.58. The lowest BCUT2D eigenvalue weighted by Gasteiger charge is -2.21. The molecule has 2 aromatic heterocycles. The van der Waals surface area contributed by atoms with Crippen LogP contribution in [0.15, 0.2) is 21.6 Å². The van der Waals surface area contributed by atoms with Gasteiger partial charge in [0.2, 0.25) is 0 Å². The number of hydrogen-bond donors (Lipinski definition) is 2. The standard InChI is InChI=1S/C13H18N4O2/c1-4-13(14,5-2)12-16-11(19-17-12)9-7-15-8(3)6-10(9)18/h6-7H,4-5,14H2,1-3H3,(H,15,18). The number of aryl methyl sites for hydroxylation is 1. The Kier molecular flexibility index (Phi) is 3.53. The number of aromatic amines is 1. The molecular formula is C13H18N4O2. The first-order chi connectivity index (χ1) is 9.00. The van der Waals surface area contributed by atoms with Gasteiger partial charge in [-0.25, -0.2) is 0 Å². The third-order valence-electron chi connectivity index (χ3n) is 3.42. The van der Waals surface area contributed by atoms with Gasteiger partial charge in [0.1, 0.15) is 5.56 Å². The molecule has 3 N–H and O–H groups in total. The molecule has 2 heterocycles. The normalized spacial score (nSPS) is 11.8. The molecular weight excluding hydrogens is 244 g/mol. The van der Waals surface area contributed by atoms with Crippen LogP contribution in [0.3, 0.4) is 0 Å². The van der Waals surface area contributed by atoms with Gasteiger partial charge in [0, 0.05) is 18.0 Å². The number of H-pyrrole nitrogens is 1. The number of aromatic nitrogens is 3. The van der Waals surface area contributed by atoms with E-state index in [1.807, 2.05) is 20.8 Å². The molecule has 0 aliphatic carbocycles. The zero-order valence-electron chi connectivity index (χ0n) is 11.4. The van der Waals surface area contributed by atoms with E-state index in [0.29, 0.717) is 24.2 Å². The number of pyridine rings is 1. The summed E-state index contributed by atoms with van der Waals surface area (Å²) in [6.45, 7) is 5.75. The molecule has 2 rings (SSSR count). The van der Waals surface area contributed by atoms with Gasteiger partial charge in [-0.1, -0.05) is 19.0 Å². The van der Waals surface area contributed by atoms with Gasteiger partial charge in [-0.2, -0.15) is 4.98 Å². The molecule has 102 valence electrons. The Morgan fingerprint density at radius 3 is 2.68 bits per heavy atom. The first kappa shape index (κ1) is 13.5. The Hall–Kier alpha value is -1.95. The van der Waals surface area contributed by atoms with Crippen molar-refractivity contribution in [1.29, 1.82) is 0 Å². The molecule has 0 spiro atoms. The summed E-state index contributed by atoms with van der Waals surface area (Å²) >= 11 is 0. The average molecular weight is 262 g/mol. The Morgan fingerprint density at radius 1 is 1.42 bits per heavy atom. The van der Waals surface area contributed by atoms with Gasteiger partial charge in [0.25, 0.3) is 5.89 Å². The fourth-order valence-electron chi connectivity index (χ4n) is 1.84. The van der Waals surface area contributed by atoms with Crippen molar-refractivity contribution in [1.82, 2.24) is 15.1 Å². The molecule has 2 aromatic rings. The van der Waals surface area contributed by atoms with Crippen LogP contribution in [0.1, 0.15) is 38.2 Å². The predicted molar refractivity (Wildman–Crippen MR) is 71.5 cm³/mol. The molecule has 19 heavy (non-hydrogen) atoms. The molecule has 0 unspecified atom stereocenters. The van der Waals surface area contributed by atoms with E-state index in [9.17, 15) is 4.79 Å². The molecule has 0 fully saturated rings. The lowest BCUT2D eigenvalue weighted by molar-refractivity contribution is 0.350. The molecule has 0 bridgehead atoms. The molecule has 6 heteroatoms. The van der Waals surface area contributed by atoms with E-state index in [2.05, 4.69) is 15.1 Å². The van der Waals surface area contributed by atoms with Crippen LogP contribution in [0.25, 0.3) is 11.5 Å². The molecule has 0 saturated heterocycles. The van der Waals surface area contributed by atoms with Crippen molar-refractivity contribution in [2.24, 2.45) is 5.73 Å². The molecule has 6 nitrogen and oxygen atoms in total. The van der Waals surface area contributed by atoms with E-state index in [4.69, 9.17) is 10.3 Å². The predicted octanol–water partition coefficient (Wildman–Crippen LogP) is 1.71. The number of nitrogens with zero attached hydrogens (tertiary/aromatic N) is 2. The topological polar surface area (TPSA) is 97.8 Å². The monoisotopic (exact) mass is 262 g/mol. The second kappa shape index (κ2) is 4.97. The van der Waals surface area contributed by atoms with Crippen LogP contribution in [0.5, 0.6) is 0 Å². The fourth-order valence-corrected chi connectivity index (χ4v) is 1.84. The van der Waals surface area contributed by atoms with Crippen LogP contribution in [0.2, 0.25) is 0 Å². The zero-order chi connectivity index (χ0) is 14.0. The second-order valence-electron chi connectivity index (χ2n) is 4.68. The van der Waals surface area contributed by atoms with E-state index in [0.717, 1.165) is 5.69 Å². The van der Waals surface area contributed by atoms with E-state index >= 15 is 0 Å². The maximum absolute atomic E-state index is 11.9. The van der Waals surface area contributed by atoms with Crippen LogP contribution >= 0.6 is 0 Å². The maximum Gasteiger partial charge on any atom is 0.263 e. The molecule has 0 radical (unpaired) electrons. The summed E-state index contributed by atoms with van der Waals surface area (Å²) in [7, 11) is 0. The second-order valence-corrected chi connectivity index (χ2v) is 4.68. The molecule has 0 atom stereocenters. The molecule has 0 saturated carbocycles. The van der Waals surface area contributed by atoms with E-state index in [-0.39, 0.29) is 11.3 Å². The Morgan fingerprint density at radius 2 is 2.11 bits per heavy atom. The van der Waals surface area contributed by atoms with Gasteiger partial charge in [0.15, 0.2) is 11.3 Å². The number of hydrogen-bond acceptors (Lipinski definition) is 5. The lowest BCUT2D eigenvalue weighted by Crippen LogP contribution is -2.36. The van der Waals surface area contributed by atoms with Crippen molar-refractivity contribution < 1.29 is 4.52 Å². The van der Waals surface area contributed by atoms with Gasteiger partial charge in [-0.3, -0.25) is 4.79 Å². The van der Waals surface area contributed by atoms with Gasteiger partial charge < -0.3 is 15.2 Å². The first-order valence-corrected chi connectivity index (χ1v) is 6.33. The van der Waals surface area contributed by atoms with Crippen molar-refractivity contribution in [3.8, 4) is 11.5 Å². The van der Waals surface area contributed by atoms with Gasteiger partial charge >= 0.3 is 0 Å². The van der Waals surface area contributed by atoms with Gasteiger partial charge in [-0.15, -0.1) is 0 Å². The van der Waals surface area contributed by atoms with Crippen molar-refractivity contribution in [2.75, 3.05) is 0 Å². The number of nitrogens with one attached hydrogen (secondary N) is 1. The quantitative estimate of drug-likeness (QED) is 0.874. The number of nitrogens with two attached hydrogens (primary N) is 1. The Balaban J connectivity index is 2.44. The summed E-state index contributed by atoms with van der Waals surface area (Å²) in [6, 6.07) is 1.49. The van der Waals surface area contributed by atoms with Gasteiger partial charge in [0.05, 0.1) is 5.54 Å². The van der Waals surface area contributed by atoms with Crippen LogP contribution in [-0.2, 0) is 5.54 Å². The van der Waals surface area contributed by atoms with Gasteiger partial charge in [-0.05, 0) is 19.8 Å². The summed E-state index contributed by atoms with van der Waals surface area (Å²) < 4.78 is 5.16. The summed E-state index contributed by atoms with van der Waals surface area (Å²) in [5.74, 6) is 0.639. The molecule has 0 aliphatic rings. The van der Waals surface area contributed by atoms with Crippen molar-refractivity contribution in [3.05, 3.63) is 34.0 Å². The van der Waals surface area contributed by atoms with Crippen LogP contribution < -0.4 is 11.2 Å². The molecule has 0 aliphatic heterocycles. The van der Waals surface area contributed by atoms with E-state index in [1.54, 1.807) is 6.20 Å². The summed E-state index contributed by atoms with van der Waals surface area (Å²) in [5, 5.41) is 3.91. The highest BCUT2D eigenvalue weighted by Gasteiger charge is 2.29. The smallest absolute Gasteiger partial charge is 0.263 e. The van der Waals surface area contributed by atoms with Crippen LogP contribution in [0.4, 0.5) is 0 Å². The number of rotatable bonds is 4. The minimum Gasteiger partial charge on any atom is -0.364 e.